The standard InChI is InChI=1S/C12H30N6O6/c1-19-7(20-2)10(13)16-11(14,8(21-3)22-4)18-12(15,17-10)9(23-5)24-6/h7-9,16-18H,13-15H2,1-6H3. The van der Waals surface area contributed by atoms with E-state index in [1.807, 2.05) is 0 Å². The van der Waals surface area contributed by atoms with Gasteiger partial charge >= 0.3 is 0 Å². The molecule has 0 aromatic rings. The van der Waals surface area contributed by atoms with Gasteiger partial charge in [-0.3, -0.25) is 17.2 Å². The summed E-state index contributed by atoms with van der Waals surface area (Å²) in [7, 11) is 8.49. The first-order valence-electron chi connectivity index (χ1n) is 7.10. The summed E-state index contributed by atoms with van der Waals surface area (Å²) in [5.41, 5.74) is 19.1. The Morgan fingerprint density at radius 3 is 0.792 bits per heavy atom. The number of rotatable bonds is 9. The lowest BCUT2D eigenvalue weighted by Crippen LogP contribution is -2.98. The highest BCUT2D eigenvalue weighted by molar-refractivity contribution is 5.06. The van der Waals surface area contributed by atoms with E-state index in [1.165, 1.54) is 42.7 Å². The van der Waals surface area contributed by atoms with Gasteiger partial charge in [-0.1, -0.05) is 0 Å². The molecule has 0 aliphatic carbocycles. The molecule has 0 amide bonds. The Hall–Kier alpha value is -0.480. The maximum absolute atomic E-state index is 6.38. The van der Waals surface area contributed by atoms with Crippen LogP contribution in [-0.4, -0.2) is 78.9 Å². The Labute approximate surface area is 141 Å². The summed E-state index contributed by atoms with van der Waals surface area (Å²) in [6.45, 7) is 0. The van der Waals surface area contributed by atoms with Crippen molar-refractivity contribution in [3.8, 4) is 0 Å². The van der Waals surface area contributed by atoms with Crippen LogP contribution in [0.1, 0.15) is 0 Å². The van der Waals surface area contributed by atoms with Crippen molar-refractivity contribution in [2.75, 3.05) is 42.7 Å². The van der Waals surface area contributed by atoms with E-state index < -0.39 is 36.2 Å². The van der Waals surface area contributed by atoms with Crippen LogP contribution < -0.4 is 33.2 Å². The van der Waals surface area contributed by atoms with E-state index in [-0.39, 0.29) is 0 Å². The summed E-state index contributed by atoms with van der Waals surface area (Å²) in [6, 6.07) is 0. The van der Waals surface area contributed by atoms with Gasteiger partial charge in [-0.2, -0.15) is 0 Å². The third-order valence-corrected chi connectivity index (χ3v) is 3.64. The van der Waals surface area contributed by atoms with Crippen LogP contribution in [0.15, 0.2) is 0 Å². The molecule has 0 bridgehead atoms. The van der Waals surface area contributed by atoms with E-state index in [9.17, 15) is 0 Å². The Bertz CT molecular complexity index is 327. The molecule has 12 nitrogen and oxygen atoms in total. The zero-order chi connectivity index (χ0) is 18.6. The molecule has 24 heavy (non-hydrogen) atoms. The van der Waals surface area contributed by atoms with Gasteiger partial charge in [0.15, 0.2) is 17.4 Å². The molecule has 12 heteroatoms. The fourth-order valence-corrected chi connectivity index (χ4v) is 2.88. The van der Waals surface area contributed by atoms with Crippen LogP contribution in [0.5, 0.6) is 0 Å². The molecule has 0 unspecified atom stereocenters. The Morgan fingerprint density at radius 1 is 0.500 bits per heavy atom. The minimum Gasteiger partial charge on any atom is -0.352 e. The van der Waals surface area contributed by atoms with Gasteiger partial charge < -0.3 is 28.4 Å². The first-order valence-corrected chi connectivity index (χ1v) is 7.10. The predicted octanol–water partition coefficient (Wildman–Crippen LogP) is -3.54. The number of nitrogens with one attached hydrogen (secondary N) is 3. The summed E-state index contributed by atoms with van der Waals surface area (Å²) in [6.07, 6.45) is -2.93. The smallest absolute Gasteiger partial charge is 0.203 e. The largest absolute Gasteiger partial charge is 0.352 e. The molecule has 1 rings (SSSR count). The average Bonchev–Trinajstić information content (AvgIpc) is 2.48. The second kappa shape index (κ2) is 8.27. The van der Waals surface area contributed by atoms with Crippen LogP contribution in [0.25, 0.3) is 0 Å². The van der Waals surface area contributed by atoms with Gasteiger partial charge in [-0.25, -0.2) is 16.0 Å². The van der Waals surface area contributed by atoms with Gasteiger partial charge in [-0.15, -0.1) is 0 Å². The fourth-order valence-electron chi connectivity index (χ4n) is 2.88. The van der Waals surface area contributed by atoms with Gasteiger partial charge in [0.05, 0.1) is 0 Å². The Balaban J connectivity index is 3.34. The highest BCUT2D eigenvalue weighted by atomic mass is 16.7. The van der Waals surface area contributed by atoms with Crippen molar-refractivity contribution in [3.63, 3.8) is 0 Å². The predicted molar refractivity (Wildman–Crippen MR) is 83.6 cm³/mol. The summed E-state index contributed by atoms with van der Waals surface area (Å²) in [4.78, 5) is 0. The SMILES string of the molecule is COC(OC)C1(N)NC(N)(C(OC)OC)NC(N)(C(OC)OC)N1. The van der Waals surface area contributed by atoms with Crippen molar-refractivity contribution in [1.82, 2.24) is 16.0 Å². The van der Waals surface area contributed by atoms with Gasteiger partial charge in [0, 0.05) is 42.7 Å². The molecule has 1 heterocycles. The summed E-state index contributed by atoms with van der Waals surface area (Å²) in [5.74, 6) is -4.66. The minimum atomic E-state index is -1.55. The molecule has 0 radical (unpaired) electrons. The number of methoxy groups -OCH3 is 6. The first kappa shape index (κ1) is 21.6. The van der Waals surface area contributed by atoms with E-state index in [2.05, 4.69) is 16.0 Å². The summed E-state index contributed by atoms with van der Waals surface area (Å²) < 4.78 is 31.5. The van der Waals surface area contributed by atoms with E-state index in [1.54, 1.807) is 0 Å². The van der Waals surface area contributed by atoms with Crippen molar-refractivity contribution in [3.05, 3.63) is 0 Å². The molecule has 1 aliphatic rings. The normalized spacial score (nSPS) is 34.5. The first-order chi connectivity index (χ1) is 11.2. The molecule has 144 valence electrons. The molecule has 1 fully saturated rings. The second-order valence-electron chi connectivity index (χ2n) is 5.39. The van der Waals surface area contributed by atoms with Crippen LogP contribution in [-0.2, 0) is 28.4 Å². The number of nitrogens with two attached hydrogens (primary N) is 3. The quantitative estimate of drug-likeness (QED) is 0.226. The van der Waals surface area contributed by atoms with Crippen LogP contribution in [0.3, 0.4) is 0 Å². The summed E-state index contributed by atoms with van der Waals surface area (Å²) >= 11 is 0. The van der Waals surface area contributed by atoms with E-state index >= 15 is 0 Å². The van der Waals surface area contributed by atoms with Crippen molar-refractivity contribution >= 4 is 0 Å². The lowest BCUT2D eigenvalue weighted by Gasteiger charge is -2.57. The molecule has 0 aromatic carbocycles. The molecule has 0 aromatic heterocycles. The monoisotopic (exact) mass is 354 g/mol. The van der Waals surface area contributed by atoms with Crippen molar-refractivity contribution in [2.45, 2.75) is 36.2 Å². The van der Waals surface area contributed by atoms with Crippen LogP contribution >= 0.6 is 0 Å². The zero-order valence-electron chi connectivity index (χ0n) is 14.9. The lowest BCUT2D eigenvalue weighted by atomic mass is 10.1. The van der Waals surface area contributed by atoms with E-state index in [0.29, 0.717) is 0 Å². The van der Waals surface area contributed by atoms with Crippen molar-refractivity contribution in [2.24, 2.45) is 17.2 Å². The highest BCUT2D eigenvalue weighted by Crippen LogP contribution is 2.23. The van der Waals surface area contributed by atoms with E-state index in [0.717, 1.165) is 0 Å². The van der Waals surface area contributed by atoms with Crippen LogP contribution in [0.2, 0.25) is 0 Å². The van der Waals surface area contributed by atoms with Crippen molar-refractivity contribution in [1.29, 1.82) is 0 Å². The highest BCUT2D eigenvalue weighted by Gasteiger charge is 2.59. The van der Waals surface area contributed by atoms with Gasteiger partial charge in [0.25, 0.3) is 0 Å². The van der Waals surface area contributed by atoms with Gasteiger partial charge in [0.2, 0.25) is 18.9 Å². The minimum absolute atomic E-state index is 0.978. The van der Waals surface area contributed by atoms with Crippen LogP contribution in [0, 0.1) is 0 Å². The Kier molecular flexibility index (Phi) is 7.43. The van der Waals surface area contributed by atoms with Gasteiger partial charge in [0.1, 0.15) is 0 Å². The zero-order valence-corrected chi connectivity index (χ0v) is 14.9. The number of ether oxygens (including phenoxy) is 6. The molecule has 0 spiro atoms. The number of hydrogen-bond donors (Lipinski definition) is 6. The molecular weight excluding hydrogens is 324 g/mol. The second-order valence-corrected chi connectivity index (χ2v) is 5.39. The maximum atomic E-state index is 6.38. The van der Waals surface area contributed by atoms with Crippen LogP contribution in [0.4, 0.5) is 0 Å². The third kappa shape index (κ3) is 4.01. The van der Waals surface area contributed by atoms with Crippen molar-refractivity contribution < 1.29 is 28.4 Å². The molecular formula is C12H30N6O6. The molecule has 9 N–H and O–H groups in total. The fraction of sp³-hybridized carbons (Fsp3) is 1.00. The molecule has 1 saturated heterocycles. The third-order valence-electron chi connectivity index (χ3n) is 3.64. The molecule has 0 atom stereocenters. The Morgan fingerprint density at radius 2 is 0.667 bits per heavy atom. The topological polar surface area (TPSA) is 170 Å². The average molecular weight is 354 g/mol. The maximum Gasteiger partial charge on any atom is 0.203 e. The molecule has 1 aliphatic heterocycles. The molecule has 0 saturated carbocycles. The number of hydrogen-bond acceptors (Lipinski definition) is 12. The van der Waals surface area contributed by atoms with Gasteiger partial charge in [-0.05, 0) is 0 Å². The lowest BCUT2D eigenvalue weighted by molar-refractivity contribution is -0.266. The van der Waals surface area contributed by atoms with E-state index in [4.69, 9.17) is 45.6 Å². The summed E-state index contributed by atoms with van der Waals surface area (Å²) in [5, 5.41) is 8.73.